The molecule has 0 fully saturated rings. The van der Waals surface area contributed by atoms with Gasteiger partial charge in [0.25, 0.3) is 0 Å². The molecule has 1 aromatic carbocycles. The summed E-state index contributed by atoms with van der Waals surface area (Å²) in [6.07, 6.45) is -1.10. The highest BCUT2D eigenvalue weighted by atomic mass is 16.5. The van der Waals surface area contributed by atoms with Gasteiger partial charge in [-0.15, -0.1) is 0 Å². The number of carbonyl (C=O) groups excluding carboxylic acids is 1. The fourth-order valence-corrected chi connectivity index (χ4v) is 1.40. The van der Waals surface area contributed by atoms with Crippen LogP contribution in [0.1, 0.15) is 37.8 Å². The Balaban J connectivity index is 3.01. The summed E-state index contributed by atoms with van der Waals surface area (Å²) >= 11 is 0. The van der Waals surface area contributed by atoms with Crippen molar-refractivity contribution in [2.75, 3.05) is 0 Å². The van der Waals surface area contributed by atoms with Crippen molar-refractivity contribution in [3.63, 3.8) is 0 Å². The van der Waals surface area contributed by atoms with Crippen molar-refractivity contribution in [2.45, 2.75) is 39.7 Å². The molecule has 0 bridgehead atoms. The lowest BCUT2D eigenvalue weighted by atomic mass is 10.0. The highest BCUT2D eigenvalue weighted by Crippen LogP contribution is 2.27. The van der Waals surface area contributed by atoms with E-state index in [0.29, 0.717) is 5.75 Å². The molecule has 0 saturated carbocycles. The van der Waals surface area contributed by atoms with Gasteiger partial charge in [-0.2, -0.15) is 0 Å². The van der Waals surface area contributed by atoms with Gasteiger partial charge >= 0.3 is 5.97 Å². The number of carbonyl (C=O) groups is 1. The number of hydrogen-bond acceptors (Lipinski definition) is 3. The second-order valence-corrected chi connectivity index (χ2v) is 4.29. The largest absolute Gasteiger partial charge is 0.424 e. The van der Waals surface area contributed by atoms with Gasteiger partial charge < -0.3 is 9.84 Å². The van der Waals surface area contributed by atoms with E-state index in [1.165, 1.54) is 6.92 Å². The Hall–Kier alpha value is -1.35. The molecule has 0 aliphatic rings. The number of aliphatic hydroxyl groups is 1. The number of benzene rings is 1. The lowest BCUT2D eigenvalue weighted by Crippen LogP contribution is -2.22. The Morgan fingerprint density at radius 2 is 1.94 bits per heavy atom. The molecule has 0 heterocycles. The minimum atomic E-state index is -1.10. The normalized spacial score (nSPS) is 12.6. The maximum atomic E-state index is 11.3. The monoisotopic (exact) mass is 222 g/mol. The predicted molar refractivity (Wildman–Crippen MR) is 62.6 cm³/mol. The molecule has 0 saturated heterocycles. The zero-order valence-corrected chi connectivity index (χ0v) is 10.2. The number of ether oxygens (including phenoxy) is 1. The molecule has 0 aliphatic carbocycles. The Bertz CT molecular complexity index is 381. The van der Waals surface area contributed by atoms with Crippen LogP contribution in [0.2, 0.25) is 0 Å². The molecule has 3 heteroatoms. The minimum absolute atomic E-state index is 0.275. The molecule has 1 unspecified atom stereocenters. The SMILES string of the molecule is Cc1ccc(C(C)C)c(OC(=O)C(C)O)c1. The number of aryl methyl sites for hydroxylation is 1. The summed E-state index contributed by atoms with van der Waals surface area (Å²) in [4.78, 5) is 11.3. The second-order valence-electron chi connectivity index (χ2n) is 4.29. The van der Waals surface area contributed by atoms with Crippen molar-refractivity contribution in [1.29, 1.82) is 0 Å². The van der Waals surface area contributed by atoms with Crippen LogP contribution in [0.5, 0.6) is 5.75 Å². The smallest absolute Gasteiger partial charge is 0.340 e. The fraction of sp³-hybridized carbons (Fsp3) is 0.462. The lowest BCUT2D eigenvalue weighted by molar-refractivity contribution is -0.142. The van der Waals surface area contributed by atoms with Gasteiger partial charge in [0.1, 0.15) is 11.9 Å². The van der Waals surface area contributed by atoms with Gasteiger partial charge in [0.2, 0.25) is 0 Å². The summed E-state index contributed by atoms with van der Waals surface area (Å²) in [7, 11) is 0. The van der Waals surface area contributed by atoms with Crippen LogP contribution in [-0.2, 0) is 4.79 Å². The summed E-state index contributed by atoms with van der Waals surface area (Å²) in [6.45, 7) is 7.39. The van der Waals surface area contributed by atoms with Crippen molar-refractivity contribution in [1.82, 2.24) is 0 Å². The van der Waals surface area contributed by atoms with E-state index < -0.39 is 12.1 Å². The zero-order valence-electron chi connectivity index (χ0n) is 10.2. The van der Waals surface area contributed by atoms with Crippen molar-refractivity contribution in [3.05, 3.63) is 29.3 Å². The molecule has 88 valence electrons. The number of rotatable bonds is 3. The van der Waals surface area contributed by atoms with Gasteiger partial charge in [0.15, 0.2) is 0 Å². The van der Waals surface area contributed by atoms with E-state index in [2.05, 4.69) is 0 Å². The number of hydrogen-bond donors (Lipinski definition) is 1. The highest BCUT2D eigenvalue weighted by Gasteiger charge is 2.15. The fourth-order valence-electron chi connectivity index (χ4n) is 1.40. The predicted octanol–water partition coefficient (Wildman–Crippen LogP) is 2.40. The summed E-state index contributed by atoms with van der Waals surface area (Å²) in [5, 5.41) is 9.11. The maximum Gasteiger partial charge on any atom is 0.340 e. The first-order valence-electron chi connectivity index (χ1n) is 5.42. The van der Waals surface area contributed by atoms with Gasteiger partial charge in [-0.1, -0.05) is 26.0 Å². The molecular weight excluding hydrogens is 204 g/mol. The molecule has 1 rings (SSSR count). The van der Waals surface area contributed by atoms with E-state index in [0.717, 1.165) is 11.1 Å². The molecular formula is C13H18O3. The summed E-state index contributed by atoms with van der Waals surface area (Å²) < 4.78 is 5.16. The summed E-state index contributed by atoms with van der Waals surface area (Å²) in [6, 6.07) is 5.75. The highest BCUT2D eigenvalue weighted by molar-refractivity contribution is 5.76. The first-order chi connectivity index (χ1) is 7.41. The molecule has 0 aliphatic heterocycles. The van der Waals surface area contributed by atoms with E-state index in [9.17, 15) is 4.79 Å². The molecule has 16 heavy (non-hydrogen) atoms. The number of aliphatic hydroxyl groups excluding tert-OH is 1. The van der Waals surface area contributed by atoms with E-state index in [1.807, 2.05) is 39.0 Å². The van der Waals surface area contributed by atoms with E-state index >= 15 is 0 Å². The first kappa shape index (κ1) is 12.7. The topological polar surface area (TPSA) is 46.5 Å². The van der Waals surface area contributed by atoms with E-state index in [4.69, 9.17) is 9.84 Å². The Morgan fingerprint density at radius 3 is 2.44 bits per heavy atom. The molecule has 1 atom stereocenters. The quantitative estimate of drug-likeness (QED) is 0.631. The standard InChI is InChI=1S/C13H18O3/c1-8(2)11-6-5-9(3)7-12(11)16-13(15)10(4)14/h5-8,10,14H,1-4H3. The van der Waals surface area contributed by atoms with Crippen LogP contribution in [0.3, 0.4) is 0 Å². The van der Waals surface area contributed by atoms with Crippen molar-refractivity contribution in [3.8, 4) is 5.75 Å². The molecule has 0 radical (unpaired) electrons. The minimum Gasteiger partial charge on any atom is -0.424 e. The van der Waals surface area contributed by atoms with Crippen LogP contribution in [-0.4, -0.2) is 17.2 Å². The van der Waals surface area contributed by atoms with E-state index in [-0.39, 0.29) is 5.92 Å². The van der Waals surface area contributed by atoms with Gasteiger partial charge in [-0.05, 0) is 37.0 Å². The first-order valence-corrected chi connectivity index (χ1v) is 5.42. The Morgan fingerprint density at radius 1 is 1.31 bits per heavy atom. The van der Waals surface area contributed by atoms with Crippen LogP contribution in [0.25, 0.3) is 0 Å². The van der Waals surface area contributed by atoms with Gasteiger partial charge in [0, 0.05) is 0 Å². The Kier molecular flexibility index (Phi) is 4.07. The third kappa shape index (κ3) is 3.07. The average molecular weight is 222 g/mol. The molecule has 0 aromatic heterocycles. The second kappa shape index (κ2) is 5.12. The number of esters is 1. The van der Waals surface area contributed by atoms with Crippen molar-refractivity contribution < 1.29 is 14.6 Å². The molecule has 1 aromatic rings. The third-order valence-corrected chi connectivity index (χ3v) is 2.34. The third-order valence-electron chi connectivity index (χ3n) is 2.34. The van der Waals surface area contributed by atoms with Crippen LogP contribution in [0, 0.1) is 6.92 Å². The van der Waals surface area contributed by atoms with Crippen molar-refractivity contribution >= 4 is 5.97 Å². The molecule has 3 nitrogen and oxygen atoms in total. The molecule has 0 amide bonds. The van der Waals surface area contributed by atoms with E-state index in [1.54, 1.807) is 0 Å². The lowest BCUT2D eigenvalue weighted by Gasteiger charge is -2.14. The maximum absolute atomic E-state index is 11.3. The van der Waals surface area contributed by atoms with Crippen LogP contribution in [0.15, 0.2) is 18.2 Å². The van der Waals surface area contributed by atoms with Gasteiger partial charge in [-0.3, -0.25) is 0 Å². The Labute approximate surface area is 96.1 Å². The summed E-state index contributed by atoms with van der Waals surface area (Å²) in [5.41, 5.74) is 2.00. The van der Waals surface area contributed by atoms with Crippen LogP contribution in [0.4, 0.5) is 0 Å². The van der Waals surface area contributed by atoms with Gasteiger partial charge in [-0.25, -0.2) is 4.79 Å². The van der Waals surface area contributed by atoms with Crippen LogP contribution >= 0.6 is 0 Å². The zero-order chi connectivity index (χ0) is 12.3. The van der Waals surface area contributed by atoms with Gasteiger partial charge in [0.05, 0.1) is 0 Å². The van der Waals surface area contributed by atoms with Crippen LogP contribution < -0.4 is 4.74 Å². The van der Waals surface area contributed by atoms with Crippen molar-refractivity contribution in [2.24, 2.45) is 0 Å². The average Bonchev–Trinajstić information content (AvgIpc) is 2.16. The summed E-state index contributed by atoms with van der Waals surface area (Å²) in [5.74, 6) is 0.200. The molecule has 1 N–H and O–H groups in total. The molecule has 0 spiro atoms.